The number of amides is 2. The lowest BCUT2D eigenvalue weighted by Crippen LogP contribution is -2.52. The molecule has 0 aromatic heterocycles. The summed E-state index contributed by atoms with van der Waals surface area (Å²) in [5, 5.41) is 11.3. The number of carbonyl (C=O) groups is 2. The van der Waals surface area contributed by atoms with Gasteiger partial charge in [-0.3, -0.25) is 9.59 Å². The number of benzene rings is 1. The zero-order chi connectivity index (χ0) is 13.0. The van der Waals surface area contributed by atoms with Crippen molar-refractivity contribution in [3.05, 3.63) is 29.8 Å². The van der Waals surface area contributed by atoms with Crippen molar-refractivity contribution in [1.82, 2.24) is 5.32 Å². The van der Waals surface area contributed by atoms with Crippen molar-refractivity contribution in [2.24, 2.45) is 0 Å². The summed E-state index contributed by atoms with van der Waals surface area (Å²) in [5.41, 5.74) is 1.85. The number of nitrogens with zero attached hydrogens (tertiary/aromatic N) is 1. The number of rotatable bonds is 4. The minimum absolute atomic E-state index is 0.173. The van der Waals surface area contributed by atoms with Crippen LogP contribution in [0, 0.1) is 0 Å². The van der Waals surface area contributed by atoms with E-state index in [0.717, 1.165) is 24.1 Å². The van der Waals surface area contributed by atoms with E-state index in [1.165, 1.54) is 4.90 Å². The fourth-order valence-electron chi connectivity index (χ4n) is 1.95. The molecule has 1 heterocycles. The predicted octanol–water partition coefficient (Wildman–Crippen LogP) is 0.0743. The molecule has 2 N–H and O–H groups in total. The lowest BCUT2D eigenvalue weighted by molar-refractivity contribution is -0.138. The Kier molecular flexibility index (Phi) is 3.94. The number of aliphatic hydroxyl groups excluding tert-OH is 1. The van der Waals surface area contributed by atoms with E-state index >= 15 is 0 Å². The highest BCUT2D eigenvalue weighted by Gasteiger charge is 2.26. The van der Waals surface area contributed by atoms with Crippen molar-refractivity contribution in [2.75, 3.05) is 24.6 Å². The minimum atomic E-state index is -0.550. The van der Waals surface area contributed by atoms with Crippen LogP contribution < -0.4 is 10.2 Å². The molecule has 18 heavy (non-hydrogen) atoms. The van der Waals surface area contributed by atoms with E-state index in [1.807, 2.05) is 24.3 Å². The summed E-state index contributed by atoms with van der Waals surface area (Å²) in [4.78, 5) is 24.4. The van der Waals surface area contributed by atoms with E-state index in [0.29, 0.717) is 13.1 Å². The maximum absolute atomic E-state index is 11.7. The normalized spacial score (nSPS) is 15.7. The average Bonchev–Trinajstić information content (AvgIpc) is 2.40. The molecular weight excluding hydrogens is 232 g/mol. The highest BCUT2D eigenvalue weighted by molar-refractivity contribution is 6.41. The van der Waals surface area contributed by atoms with E-state index in [-0.39, 0.29) is 6.61 Å². The second-order valence-corrected chi connectivity index (χ2v) is 4.21. The molecule has 0 bridgehead atoms. The predicted molar refractivity (Wildman–Crippen MR) is 67.2 cm³/mol. The second-order valence-electron chi connectivity index (χ2n) is 4.21. The van der Waals surface area contributed by atoms with E-state index in [2.05, 4.69) is 5.32 Å². The molecule has 2 rings (SSSR count). The summed E-state index contributed by atoms with van der Waals surface area (Å²) >= 11 is 0. The number of aryl methyl sites for hydroxylation is 1. The summed E-state index contributed by atoms with van der Waals surface area (Å²) in [6.07, 6.45) is 1.54. The van der Waals surface area contributed by atoms with Crippen LogP contribution in [0.5, 0.6) is 0 Å². The number of aliphatic hydroxyl groups is 1. The van der Waals surface area contributed by atoms with Crippen molar-refractivity contribution in [2.45, 2.75) is 12.8 Å². The van der Waals surface area contributed by atoms with Crippen molar-refractivity contribution >= 4 is 17.5 Å². The molecule has 5 nitrogen and oxygen atoms in total. The molecule has 0 atom stereocenters. The van der Waals surface area contributed by atoms with E-state index in [9.17, 15) is 9.59 Å². The van der Waals surface area contributed by atoms with Gasteiger partial charge in [0.25, 0.3) is 0 Å². The molecular formula is C13H16N2O3. The van der Waals surface area contributed by atoms with Crippen molar-refractivity contribution in [3.8, 4) is 0 Å². The maximum Gasteiger partial charge on any atom is 0.316 e. The highest BCUT2D eigenvalue weighted by Crippen LogP contribution is 2.17. The van der Waals surface area contributed by atoms with E-state index in [1.54, 1.807) is 0 Å². The molecule has 0 saturated carbocycles. The molecule has 96 valence electrons. The van der Waals surface area contributed by atoms with Crippen LogP contribution in [0.2, 0.25) is 0 Å². The zero-order valence-electron chi connectivity index (χ0n) is 10.1. The number of hydrogen-bond acceptors (Lipinski definition) is 3. The number of hydrogen-bond donors (Lipinski definition) is 2. The molecule has 5 heteroatoms. The molecule has 1 aliphatic heterocycles. The fourth-order valence-corrected chi connectivity index (χ4v) is 1.95. The van der Waals surface area contributed by atoms with Crippen LogP contribution in [-0.4, -0.2) is 36.6 Å². The first-order valence-corrected chi connectivity index (χ1v) is 6.02. The topological polar surface area (TPSA) is 69.6 Å². The first-order valence-electron chi connectivity index (χ1n) is 6.02. The van der Waals surface area contributed by atoms with Crippen LogP contribution in [0.4, 0.5) is 5.69 Å². The van der Waals surface area contributed by atoms with Crippen LogP contribution in [0.25, 0.3) is 0 Å². The minimum Gasteiger partial charge on any atom is -0.396 e. The molecule has 1 fully saturated rings. The van der Waals surface area contributed by atoms with E-state index in [4.69, 9.17) is 5.11 Å². The largest absolute Gasteiger partial charge is 0.396 e. The van der Waals surface area contributed by atoms with Gasteiger partial charge in [0.05, 0.1) is 0 Å². The van der Waals surface area contributed by atoms with Gasteiger partial charge in [-0.05, 0) is 30.5 Å². The van der Waals surface area contributed by atoms with Crippen molar-refractivity contribution in [3.63, 3.8) is 0 Å². The van der Waals surface area contributed by atoms with Gasteiger partial charge in [0.15, 0.2) is 0 Å². The molecule has 1 aromatic carbocycles. The van der Waals surface area contributed by atoms with Gasteiger partial charge in [-0.25, -0.2) is 0 Å². The molecule has 2 amide bonds. The maximum atomic E-state index is 11.7. The Morgan fingerprint density at radius 2 is 1.94 bits per heavy atom. The molecule has 0 spiro atoms. The quantitative estimate of drug-likeness (QED) is 0.741. The Bertz CT molecular complexity index is 442. The van der Waals surface area contributed by atoms with Gasteiger partial charge in [-0.15, -0.1) is 0 Å². The first kappa shape index (κ1) is 12.6. The third kappa shape index (κ3) is 2.68. The van der Waals surface area contributed by atoms with Crippen LogP contribution in [0.15, 0.2) is 24.3 Å². The Morgan fingerprint density at radius 1 is 1.22 bits per heavy atom. The van der Waals surface area contributed by atoms with Gasteiger partial charge in [-0.2, -0.15) is 0 Å². The van der Waals surface area contributed by atoms with Gasteiger partial charge in [0, 0.05) is 25.4 Å². The third-order valence-corrected chi connectivity index (χ3v) is 2.93. The Labute approximate surface area is 105 Å². The van der Waals surface area contributed by atoms with Gasteiger partial charge >= 0.3 is 11.8 Å². The molecule has 1 aliphatic rings. The molecule has 1 aromatic rings. The number of anilines is 1. The summed E-state index contributed by atoms with van der Waals surface area (Å²) < 4.78 is 0. The van der Waals surface area contributed by atoms with Gasteiger partial charge in [0.1, 0.15) is 0 Å². The first-order chi connectivity index (χ1) is 8.72. The van der Waals surface area contributed by atoms with Crippen LogP contribution >= 0.6 is 0 Å². The Morgan fingerprint density at radius 3 is 2.61 bits per heavy atom. The molecule has 1 saturated heterocycles. The fraction of sp³-hybridized carbons (Fsp3) is 0.385. The van der Waals surface area contributed by atoms with Crippen LogP contribution in [-0.2, 0) is 16.0 Å². The number of carbonyl (C=O) groups excluding carboxylic acids is 2. The zero-order valence-corrected chi connectivity index (χ0v) is 10.1. The second kappa shape index (κ2) is 5.64. The SMILES string of the molecule is O=C1NCCN(c2ccc(CCCO)cc2)C1=O. The van der Waals surface area contributed by atoms with Crippen LogP contribution in [0.1, 0.15) is 12.0 Å². The summed E-state index contributed by atoms with van der Waals surface area (Å²) in [6, 6.07) is 7.52. The standard InChI is InChI=1S/C13H16N2O3/c16-9-1-2-10-3-5-11(6-4-10)15-8-7-14-12(17)13(15)18/h3-6,16H,1-2,7-9H2,(H,14,17). The molecule has 0 unspecified atom stereocenters. The smallest absolute Gasteiger partial charge is 0.316 e. The summed E-state index contributed by atoms with van der Waals surface area (Å²) in [7, 11) is 0. The van der Waals surface area contributed by atoms with E-state index < -0.39 is 11.8 Å². The third-order valence-electron chi connectivity index (χ3n) is 2.93. The highest BCUT2D eigenvalue weighted by atomic mass is 16.3. The van der Waals surface area contributed by atoms with Crippen molar-refractivity contribution < 1.29 is 14.7 Å². The van der Waals surface area contributed by atoms with Gasteiger partial charge < -0.3 is 15.3 Å². The summed E-state index contributed by atoms with van der Waals surface area (Å²) in [6.45, 7) is 1.16. The summed E-state index contributed by atoms with van der Waals surface area (Å²) in [5.74, 6) is -1.06. The lowest BCUT2D eigenvalue weighted by atomic mass is 10.1. The number of nitrogens with one attached hydrogen (secondary N) is 1. The molecule has 0 radical (unpaired) electrons. The van der Waals surface area contributed by atoms with Crippen molar-refractivity contribution in [1.29, 1.82) is 0 Å². The number of piperazine rings is 1. The molecule has 0 aliphatic carbocycles. The lowest BCUT2D eigenvalue weighted by Gasteiger charge is -2.26. The Balaban J connectivity index is 2.09. The average molecular weight is 248 g/mol. The van der Waals surface area contributed by atoms with Gasteiger partial charge in [-0.1, -0.05) is 12.1 Å². The van der Waals surface area contributed by atoms with Crippen LogP contribution in [0.3, 0.4) is 0 Å². The Hall–Kier alpha value is -1.88. The van der Waals surface area contributed by atoms with Gasteiger partial charge in [0.2, 0.25) is 0 Å². The monoisotopic (exact) mass is 248 g/mol.